The third kappa shape index (κ3) is 6.42. The molecule has 0 radical (unpaired) electrons. The molecule has 0 fully saturated rings. The van der Waals surface area contributed by atoms with Crippen LogP contribution in [0.1, 0.15) is 43.0 Å². The smallest absolute Gasteiger partial charge is 0.237 e. The molecule has 10 heteroatoms. The van der Waals surface area contributed by atoms with Crippen LogP contribution in [0.15, 0.2) is 53.7 Å². The Hall–Kier alpha value is -3.24. The Balaban J connectivity index is 1.72. The first-order valence-electron chi connectivity index (χ1n) is 10.7. The van der Waals surface area contributed by atoms with Crippen LogP contribution in [0, 0.1) is 5.82 Å². The average Bonchev–Trinajstić information content (AvgIpc) is 3.21. The number of hydrogen-bond donors (Lipinski definition) is 1. The van der Waals surface area contributed by atoms with Crippen molar-refractivity contribution in [2.75, 3.05) is 19.0 Å². The van der Waals surface area contributed by atoms with Crippen LogP contribution in [-0.2, 0) is 16.1 Å². The maximum absolute atomic E-state index is 13.9. The molecule has 1 amide bonds. The highest BCUT2D eigenvalue weighted by molar-refractivity contribution is 8.00. The SMILES string of the molecule is COC[C@@H](C)n1c(COc2ccccc2F)nnc1S[C@H](C)C(=O)Nc1ccc(C(C)=O)cc1. The molecule has 180 valence electrons. The molecule has 0 spiro atoms. The highest BCUT2D eigenvalue weighted by Gasteiger charge is 2.23. The number of aromatic nitrogens is 3. The van der Waals surface area contributed by atoms with Crippen LogP contribution >= 0.6 is 11.8 Å². The Bertz CT molecular complexity index is 1140. The Morgan fingerprint density at radius 2 is 1.82 bits per heavy atom. The predicted molar refractivity (Wildman–Crippen MR) is 128 cm³/mol. The number of rotatable bonds is 11. The quantitative estimate of drug-likeness (QED) is 0.314. The highest BCUT2D eigenvalue weighted by atomic mass is 32.2. The standard InChI is InChI=1S/C24H27FN4O4S/c1-15(13-32-4)29-22(14-33-21-8-6-5-7-20(21)25)27-28-24(29)34-17(3)23(31)26-19-11-9-18(10-12-19)16(2)30/h5-12,15,17H,13-14H2,1-4H3,(H,26,31)/t15-,17-/m1/s1. The third-order valence-electron chi connectivity index (χ3n) is 4.99. The zero-order valence-corrected chi connectivity index (χ0v) is 20.3. The maximum Gasteiger partial charge on any atom is 0.237 e. The van der Waals surface area contributed by atoms with E-state index in [-0.39, 0.29) is 30.1 Å². The summed E-state index contributed by atoms with van der Waals surface area (Å²) in [5.74, 6) is -0.119. The van der Waals surface area contributed by atoms with Crippen molar-refractivity contribution in [1.29, 1.82) is 0 Å². The molecule has 0 aliphatic heterocycles. The molecule has 3 aromatic rings. The van der Waals surface area contributed by atoms with Crippen LogP contribution in [0.3, 0.4) is 0 Å². The van der Waals surface area contributed by atoms with E-state index in [1.807, 2.05) is 11.5 Å². The van der Waals surface area contributed by atoms with E-state index in [2.05, 4.69) is 15.5 Å². The molecule has 1 aromatic heterocycles. The van der Waals surface area contributed by atoms with Gasteiger partial charge in [-0.3, -0.25) is 14.2 Å². The minimum Gasteiger partial charge on any atom is -0.483 e. The van der Waals surface area contributed by atoms with Crippen LogP contribution in [0.25, 0.3) is 0 Å². The van der Waals surface area contributed by atoms with E-state index in [4.69, 9.17) is 9.47 Å². The lowest BCUT2D eigenvalue weighted by Gasteiger charge is -2.19. The topological polar surface area (TPSA) is 95.3 Å². The number of anilines is 1. The van der Waals surface area contributed by atoms with Gasteiger partial charge in [-0.15, -0.1) is 10.2 Å². The van der Waals surface area contributed by atoms with Gasteiger partial charge >= 0.3 is 0 Å². The van der Waals surface area contributed by atoms with E-state index in [9.17, 15) is 14.0 Å². The van der Waals surface area contributed by atoms with Gasteiger partial charge in [0.25, 0.3) is 0 Å². The Labute approximate surface area is 201 Å². The Morgan fingerprint density at radius 3 is 2.47 bits per heavy atom. The van der Waals surface area contributed by atoms with Gasteiger partial charge < -0.3 is 14.8 Å². The Kier molecular flexibility index (Phi) is 8.78. The van der Waals surface area contributed by atoms with Crippen molar-refractivity contribution in [3.05, 3.63) is 65.7 Å². The Morgan fingerprint density at radius 1 is 1.12 bits per heavy atom. The van der Waals surface area contributed by atoms with Gasteiger partial charge in [-0.05, 0) is 57.2 Å². The zero-order chi connectivity index (χ0) is 24.7. The van der Waals surface area contributed by atoms with Gasteiger partial charge in [0.05, 0.1) is 17.9 Å². The lowest BCUT2D eigenvalue weighted by molar-refractivity contribution is -0.115. The summed E-state index contributed by atoms with van der Waals surface area (Å²) in [7, 11) is 1.59. The number of ketones is 1. The zero-order valence-electron chi connectivity index (χ0n) is 19.4. The van der Waals surface area contributed by atoms with Crippen molar-refractivity contribution >= 4 is 29.1 Å². The lowest BCUT2D eigenvalue weighted by Crippen LogP contribution is -2.24. The van der Waals surface area contributed by atoms with Gasteiger partial charge in [0.2, 0.25) is 5.91 Å². The number of nitrogens with zero attached hydrogens (tertiary/aromatic N) is 3. The summed E-state index contributed by atoms with van der Waals surface area (Å²) in [6, 6.07) is 12.7. The van der Waals surface area contributed by atoms with E-state index in [0.717, 1.165) is 0 Å². The maximum atomic E-state index is 13.9. The third-order valence-corrected chi connectivity index (χ3v) is 6.04. The summed E-state index contributed by atoms with van der Waals surface area (Å²) in [4.78, 5) is 24.2. The van der Waals surface area contributed by atoms with Crippen molar-refractivity contribution < 1.29 is 23.5 Å². The monoisotopic (exact) mass is 486 g/mol. The predicted octanol–water partition coefficient (Wildman–Crippen LogP) is 4.53. The average molecular weight is 487 g/mol. The number of carbonyl (C=O) groups is 2. The summed E-state index contributed by atoms with van der Waals surface area (Å²) >= 11 is 1.24. The number of amides is 1. The molecule has 2 atom stereocenters. The molecule has 1 heterocycles. The highest BCUT2D eigenvalue weighted by Crippen LogP contribution is 2.27. The van der Waals surface area contributed by atoms with Crippen LogP contribution in [0.4, 0.5) is 10.1 Å². The minimum atomic E-state index is -0.495. The fraction of sp³-hybridized carbons (Fsp3) is 0.333. The van der Waals surface area contributed by atoms with Crippen LogP contribution in [-0.4, -0.2) is 45.4 Å². The molecule has 0 bridgehead atoms. The molecule has 3 rings (SSSR count). The summed E-state index contributed by atoms with van der Waals surface area (Å²) in [6.07, 6.45) is 0. The first-order chi connectivity index (χ1) is 16.3. The number of hydrogen-bond acceptors (Lipinski definition) is 7. The van der Waals surface area contributed by atoms with Gasteiger partial charge in [0.1, 0.15) is 6.61 Å². The number of Topliss-reactive ketones (excluding diaryl/α,β-unsaturated/α-hetero) is 1. The molecule has 0 unspecified atom stereocenters. The van der Waals surface area contributed by atoms with Crippen molar-refractivity contribution in [2.45, 2.75) is 43.8 Å². The lowest BCUT2D eigenvalue weighted by atomic mass is 10.1. The molecule has 1 N–H and O–H groups in total. The fourth-order valence-corrected chi connectivity index (χ4v) is 4.16. The van der Waals surface area contributed by atoms with Crippen molar-refractivity contribution in [2.24, 2.45) is 0 Å². The van der Waals surface area contributed by atoms with E-state index in [0.29, 0.717) is 28.8 Å². The summed E-state index contributed by atoms with van der Waals surface area (Å²) in [5, 5.41) is 11.3. The second-order valence-corrected chi connectivity index (χ2v) is 8.98. The van der Waals surface area contributed by atoms with E-state index in [1.54, 1.807) is 56.5 Å². The first kappa shape index (κ1) is 25.4. The van der Waals surface area contributed by atoms with E-state index in [1.165, 1.54) is 24.8 Å². The molecule has 34 heavy (non-hydrogen) atoms. The molecular formula is C24H27FN4O4S. The van der Waals surface area contributed by atoms with Gasteiger partial charge in [0.15, 0.2) is 28.3 Å². The van der Waals surface area contributed by atoms with Crippen LogP contribution in [0.2, 0.25) is 0 Å². The summed E-state index contributed by atoms with van der Waals surface area (Å²) in [5.41, 5.74) is 1.17. The molecule has 0 aliphatic carbocycles. The van der Waals surface area contributed by atoms with Gasteiger partial charge in [-0.1, -0.05) is 23.9 Å². The molecular weight excluding hydrogens is 459 g/mol. The van der Waals surface area contributed by atoms with Gasteiger partial charge in [-0.2, -0.15) is 0 Å². The molecule has 2 aromatic carbocycles. The van der Waals surface area contributed by atoms with Gasteiger partial charge in [0, 0.05) is 18.4 Å². The number of methoxy groups -OCH3 is 1. The minimum absolute atomic E-state index is 0.00558. The number of benzene rings is 2. The summed E-state index contributed by atoms with van der Waals surface area (Å²) < 4.78 is 26.7. The molecule has 8 nitrogen and oxygen atoms in total. The van der Waals surface area contributed by atoms with E-state index < -0.39 is 11.1 Å². The van der Waals surface area contributed by atoms with Crippen molar-refractivity contribution in [3.63, 3.8) is 0 Å². The number of thioether (sulfide) groups is 1. The number of carbonyl (C=O) groups excluding carboxylic acids is 2. The number of halogens is 1. The normalized spacial score (nSPS) is 12.7. The fourth-order valence-electron chi connectivity index (χ4n) is 3.19. The second kappa shape index (κ2) is 11.8. The second-order valence-electron chi connectivity index (χ2n) is 7.68. The van der Waals surface area contributed by atoms with Crippen LogP contribution in [0.5, 0.6) is 5.75 Å². The molecule has 0 saturated heterocycles. The van der Waals surface area contributed by atoms with Gasteiger partial charge in [-0.25, -0.2) is 4.39 Å². The molecule has 0 aliphatic rings. The van der Waals surface area contributed by atoms with Crippen molar-refractivity contribution in [1.82, 2.24) is 14.8 Å². The largest absolute Gasteiger partial charge is 0.483 e. The van der Waals surface area contributed by atoms with Crippen LogP contribution < -0.4 is 10.1 Å². The summed E-state index contributed by atoms with van der Waals surface area (Å²) in [6.45, 7) is 5.58. The van der Waals surface area contributed by atoms with Crippen molar-refractivity contribution in [3.8, 4) is 5.75 Å². The number of ether oxygens (including phenoxy) is 2. The molecule has 0 saturated carbocycles. The first-order valence-corrected chi connectivity index (χ1v) is 11.6. The van der Waals surface area contributed by atoms with E-state index >= 15 is 0 Å². The number of nitrogens with one attached hydrogen (secondary N) is 1. The number of para-hydroxylation sites is 1.